The van der Waals surface area contributed by atoms with Crippen molar-refractivity contribution in [3.8, 4) is 5.75 Å². The number of halogens is 1. The quantitative estimate of drug-likeness (QED) is 0.330. The van der Waals surface area contributed by atoms with Gasteiger partial charge in [0.25, 0.3) is 0 Å². The SMILES string of the molecule is CCCCSc1nc2n(n1)[C@H](c1cc(Br)ccc1OCC)C(C(=O)OC)=C(C)N2. The van der Waals surface area contributed by atoms with E-state index < -0.39 is 12.0 Å². The molecule has 9 heteroatoms. The van der Waals surface area contributed by atoms with Crippen LogP contribution in [0.5, 0.6) is 5.75 Å². The first-order valence-electron chi connectivity index (χ1n) is 9.57. The van der Waals surface area contributed by atoms with Crippen molar-refractivity contribution in [2.45, 2.75) is 44.8 Å². The van der Waals surface area contributed by atoms with Crippen LogP contribution in [0.3, 0.4) is 0 Å². The fraction of sp³-hybridized carbons (Fsp3) is 0.450. The number of anilines is 1. The second-order valence-corrected chi connectivity index (χ2v) is 8.52. The molecule has 1 aliphatic heterocycles. The molecule has 1 atom stereocenters. The Balaban J connectivity index is 2.13. The molecule has 0 radical (unpaired) electrons. The molecule has 0 amide bonds. The molecule has 0 saturated heterocycles. The van der Waals surface area contributed by atoms with Gasteiger partial charge < -0.3 is 14.8 Å². The Morgan fingerprint density at radius 3 is 2.86 bits per heavy atom. The molecular weight excluding hydrogens is 456 g/mol. The van der Waals surface area contributed by atoms with Crippen molar-refractivity contribution in [2.75, 3.05) is 24.8 Å². The molecule has 7 nitrogen and oxygen atoms in total. The molecule has 2 heterocycles. The van der Waals surface area contributed by atoms with Crippen LogP contribution in [0.25, 0.3) is 0 Å². The number of thioether (sulfide) groups is 1. The van der Waals surface area contributed by atoms with Gasteiger partial charge in [0.2, 0.25) is 11.1 Å². The maximum absolute atomic E-state index is 12.7. The highest BCUT2D eigenvalue weighted by atomic mass is 79.9. The van der Waals surface area contributed by atoms with Crippen molar-refractivity contribution in [3.63, 3.8) is 0 Å². The van der Waals surface area contributed by atoms with Crippen molar-refractivity contribution in [3.05, 3.63) is 39.5 Å². The van der Waals surface area contributed by atoms with Gasteiger partial charge in [0.15, 0.2) is 0 Å². The molecule has 0 aliphatic carbocycles. The minimum Gasteiger partial charge on any atom is -0.494 e. The Morgan fingerprint density at radius 2 is 2.17 bits per heavy atom. The summed E-state index contributed by atoms with van der Waals surface area (Å²) in [6, 6.07) is 5.25. The molecule has 2 aromatic rings. The van der Waals surface area contributed by atoms with Crippen LogP contribution in [0.1, 0.15) is 45.2 Å². The lowest BCUT2D eigenvalue weighted by Crippen LogP contribution is -2.29. The summed E-state index contributed by atoms with van der Waals surface area (Å²) in [5.74, 6) is 1.82. The maximum atomic E-state index is 12.7. The normalized spacial score (nSPS) is 15.7. The molecule has 1 aliphatic rings. The molecule has 3 rings (SSSR count). The summed E-state index contributed by atoms with van der Waals surface area (Å²) in [5, 5.41) is 8.59. The number of hydrogen-bond acceptors (Lipinski definition) is 7. The molecule has 0 saturated carbocycles. The molecule has 0 spiro atoms. The number of hydrogen-bond donors (Lipinski definition) is 1. The number of carbonyl (C=O) groups excluding carboxylic acids is 1. The monoisotopic (exact) mass is 480 g/mol. The van der Waals surface area contributed by atoms with Gasteiger partial charge in [0, 0.05) is 21.5 Å². The Bertz CT molecular complexity index is 928. The van der Waals surface area contributed by atoms with E-state index in [9.17, 15) is 4.79 Å². The Labute approximate surface area is 183 Å². The number of aromatic nitrogens is 3. The van der Waals surface area contributed by atoms with Gasteiger partial charge in [0.05, 0.1) is 19.3 Å². The van der Waals surface area contributed by atoms with Crippen LogP contribution in [0.15, 0.2) is 39.1 Å². The van der Waals surface area contributed by atoms with E-state index in [1.54, 1.807) is 16.4 Å². The van der Waals surface area contributed by atoms with Gasteiger partial charge in [-0.15, -0.1) is 5.10 Å². The van der Waals surface area contributed by atoms with Gasteiger partial charge in [-0.25, -0.2) is 9.48 Å². The average Bonchev–Trinajstić information content (AvgIpc) is 3.10. The zero-order valence-corrected chi connectivity index (χ0v) is 19.4. The number of ether oxygens (including phenoxy) is 2. The van der Waals surface area contributed by atoms with E-state index in [2.05, 4.69) is 33.2 Å². The summed E-state index contributed by atoms with van der Waals surface area (Å²) in [5.41, 5.74) is 1.99. The first-order valence-corrected chi connectivity index (χ1v) is 11.4. The number of nitrogens with one attached hydrogen (secondary N) is 1. The molecular formula is C20H25BrN4O3S. The van der Waals surface area contributed by atoms with Crippen LogP contribution < -0.4 is 10.1 Å². The minimum absolute atomic E-state index is 0.413. The highest BCUT2D eigenvalue weighted by molar-refractivity contribution is 9.10. The zero-order valence-electron chi connectivity index (χ0n) is 17.0. The molecule has 1 N–H and O–H groups in total. The lowest BCUT2D eigenvalue weighted by atomic mass is 9.95. The number of esters is 1. The topological polar surface area (TPSA) is 78.3 Å². The number of unbranched alkanes of at least 4 members (excludes halogenated alkanes) is 1. The van der Waals surface area contributed by atoms with Crippen LogP contribution in [-0.2, 0) is 9.53 Å². The lowest BCUT2D eigenvalue weighted by molar-refractivity contribution is -0.136. The smallest absolute Gasteiger partial charge is 0.338 e. The Morgan fingerprint density at radius 1 is 1.38 bits per heavy atom. The number of rotatable bonds is 8. The fourth-order valence-electron chi connectivity index (χ4n) is 3.18. The van der Waals surface area contributed by atoms with Crippen LogP contribution in [0.2, 0.25) is 0 Å². The third kappa shape index (κ3) is 4.61. The fourth-order valence-corrected chi connectivity index (χ4v) is 4.47. The summed E-state index contributed by atoms with van der Waals surface area (Å²) in [4.78, 5) is 17.3. The van der Waals surface area contributed by atoms with Crippen LogP contribution in [-0.4, -0.2) is 40.2 Å². The van der Waals surface area contributed by atoms with Crippen molar-refractivity contribution in [2.24, 2.45) is 0 Å². The van der Waals surface area contributed by atoms with E-state index in [-0.39, 0.29) is 0 Å². The molecule has 0 bridgehead atoms. The number of fused-ring (bicyclic) bond motifs is 1. The predicted molar refractivity (Wildman–Crippen MR) is 117 cm³/mol. The third-order valence-electron chi connectivity index (χ3n) is 4.53. The van der Waals surface area contributed by atoms with Gasteiger partial charge in [-0.1, -0.05) is 41.0 Å². The first-order chi connectivity index (χ1) is 14.0. The molecule has 29 heavy (non-hydrogen) atoms. The largest absolute Gasteiger partial charge is 0.494 e. The predicted octanol–water partition coefficient (Wildman–Crippen LogP) is 4.79. The molecule has 1 aromatic carbocycles. The van der Waals surface area contributed by atoms with Crippen LogP contribution in [0.4, 0.5) is 5.95 Å². The summed E-state index contributed by atoms with van der Waals surface area (Å²) in [6.45, 7) is 6.44. The molecule has 0 unspecified atom stereocenters. The van der Waals surface area contributed by atoms with Gasteiger partial charge >= 0.3 is 5.97 Å². The highest BCUT2D eigenvalue weighted by Gasteiger charge is 2.36. The van der Waals surface area contributed by atoms with E-state index in [4.69, 9.17) is 14.6 Å². The summed E-state index contributed by atoms with van der Waals surface area (Å²) >= 11 is 5.15. The second kappa shape index (κ2) is 9.67. The number of nitrogens with zero attached hydrogens (tertiary/aromatic N) is 3. The number of carbonyl (C=O) groups is 1. The first kappa shape index (κ1) is 21.7. The van der Waals surface area contributed by atoms with E-state index in [0.29, 0.717) is 34.7 Å². The van der Waals surface area contributed by atoms with Crippen LogP contribution in [0, 0.1) is 0 Å². The summed E-state index contributed by atoms with van der Waals surface area (Å²) in [7, 11) is 1.38. The van der Waals surface area contributed by atoms with Crippen molar-refractivity contribution < 1.29 is 14.3 Å². The standard InChI is InChI=1S/C20H25BrN4O3S/c1-5-7-10-29-20-23-19-22-12(3)16(18(26)27-4)17(25(19)24-20)14-11-13(21)8-9-15(14)28-6-2/h8-9,11,17H,5-7,10H2,1-4H3,(H,22,23,24)/t17-/m1/s1. The van der Waals surface area contributed by atoms with Crippen molar-refractivity contribution in [1.82, 2.24) is 14.8 Å². The van der Waals surface area contributed by atoms with Gasteiger partial charge in [-0.05, 0) is 38.5 Å². The second-order valence-electron chi connectivity index (χ2n) is 6.54. The maximum Gasteiger partial charge on any atom is 0.338 e. The molecule has 0 fully saturated rings. The molecule has 1 aromatic heterocycles. The lowest BCUT2D eigenvalue weighted by Gasteiger charge is -2.29. The zero-order chi connectivity index (χ0) is 21.0. The van der Waals surface area contributed by atoms with Gasteiger partial charge in [-0.2, -0.15) is 4.98 Å². The number of methoxy groups -OCH3 is 1. The van der Waals surface area contributed by atoms with Crippen LogP contribution >= 0.6 is 27.7 Å². The highest BCUT2D eigenvalue weighted by Crippen LogP contribution is 2.41. The third-order valence-corrected chi connectivity index (χ3v) is 5.95. The summed E-state index contributed by atoms with van der Waals surface area (Å²) < 4.78 is 13.6. The van der Waals surface area contributed by atoms with Gasteiger partial charge in [-0.3, -0.25) is 0 Å². The number of allylic oxidation sites excluding steroid dienone is 1. The van der Waals surface area contributed by atoms with E-state index in [0.717, 1.165) is 28.6 Å². The average molecular weight is 481 g/mol. The number of benzene rings is 1. The van der Waals surface area contributed by atoms with E-state index >= 15 is 0 Å². The van der Waals surface area contributed by atoms with Gasteiger partial charge in [0.1, 0.15) is 11.8 Å². The van der Waals surface area contributed by atoms with E-state index in [1.807, 2.05) is 32.0 Å². The summed E-state index contributed by atoms with van der Waals surface area (Å²) in [6.07, 6.45) is 2.21. The molecule has 156 valence electrons. The van der Waals surface area contributed by atoms with Crippen molar-refractivity contribution >= 4 is 39.6 Å². The Kier molecular flexibility index (Phi) is 7.23. The minimum atomic E-state index is -0.509. The van der Waals surface area contributed by atoms with Crippen molar-refractivity contribution in [1.29, 1.82) is 0 Å². The Hall–Kier alpha value is -2.00. The van der Waals surface area contributed by atoms with E-state index in [1.165, 1.54) is 7.11 Å².